The normalized spacial score (nSPS) is 23.1. The van der Waals surface area contributed by atoms with Crippen LogP contribution in [0.1, 0.15) is 45.1 Å². The maximum absolute atomic E-state index is 5.48. The van der Waals surface area contributed by atoms with Gasteiger partial charge in [-0.15, -0.1) is 0 Å². The van der Waals surface area contributed by atoms with Crippen molar-refractivity contribution in [2.45, 2.75) is 52.1 Å². The third-order valence-corrected chi connectivity index (χ3v) is 4.52. The van der Waals surface area contributed by atoms with Crippen LogP contribution in [0.2, 0.25) is 0 Å². The Kier molecular flexibility index (Phi) is 3.98. The van der Waals surface area contributed by atoms with Gasteiger partial charge in [-0.2, -0.15) is 0 Å². The number of benzene rings is 1. The minimum atomic E-state index is 0.277. The standard InChI is InChI=1S/C17H25NO3/c1-17(2)6-4-5-13(9-17)18-10-12-7-14(19-3)16-15(8-12)20-11-21-16/h7-8,13,18H,4-6,9-11H2,1-3H3. The summed E-state index contributed by atoms with van der Waals surface area (Å²) in [5.74, 6) is 2.26. The first-order valence-corrected chi connectivity index (χ1v) is 7.77. The second-order valence-electron chi connectivity index (χ2n) is 6.87. The molecule has 1 aliphatic heterocycles. The van der Waals surface area contributed by atoms with E-state index in [9.17, 15) is 0 Å². The largest absolute Gasteiger partial charge is 0.493 e. The minimum Gasteiger partial charge on any atom is -0.493 e. The molecule has 0 aromatic heterocycles. The maximum atomic E-state index is 5.48. The molecular formula is C17H25NO3. The van der Waals surface area contributed by atoms with Gasteiger partial charge >= 0.3 is 0 Å². The van der Waals surface area contributed by atoms with Crippen LogP contribution in [0, 0.1) is 5.41 Å². The van der Waals surface area contributed by atoms with Crippen LogP contribution in [0.3, 0.4) is 0 Å². The topological polar surface area (TPSA) is 39.7 Å². The molecule has 1 aromatic carbocycles. The van der Waals surface area contributed by atoms with Gasteiger partial charge in [-0.25, -0.2) is 0 Å². The van der Waals surface area contributed by atoms with Crippen LogP contribution in [0.4, 0.5) is 0 Å². The van der Waals surface area contributed by atoms with Crippen molar-refractivity contribution in [2.75, 3.05) is 13.9 Å². The molecule has 2 aliphatic rings. The fourth-order valence-corrected chi connectivity index (χ4v) is 3.42. The Labute approximate surface area is 126 Å². The predicted octanol–water partition coefficient (Wildman–Crippen LogP) is 3.48. The van der Waals surface area contributed by atoms with Crippen LogP contribution in [0.5, 0.6) is 17.2 Å². The monoisotopic (exact) mass is 291 g/mol. The summed E-state index contributed by atoms with van der Waals surface area (Å²) < 4.78 is 16.3. The van der Waals surface area contributed by atoms with Crippen molar-refractivity contribution >= 4 is 0 Å². The zero-order valence-corrected chi connectivity index (χ0v) is 13.2. The average molecular weight is 291 g/mol. The van der Waals surface area contributed by atoms with Crippen molar-refractivity contribution in [1.29, 1.82) is 0 Å². The summed E-state index contributed by atoms with van der Waals surface area (Å²) in [6.45, 7) is 5.85. The van der Waals surface area contributed by atoms with E-state index in [-0.39, 0.29) is 6.79 Å². The molecule has 0 radical (unpaired) electrons. The summed E-state index contributed by atoms with van der Waals surface area (Å²) in [7, 11) is 1.66. The zero-order chi connectivity index (χ0) is 14.9. The van der Waals surface area contributed by atoms with Crippen LogP contribution in [-0.2, 0) is 6.54 Å². The third-order valence-electron chi connectivity index (χ3n) is 4.52. The second-order valence-corrected chi connectivity index (χ2v) is 6.87. The lowest BCUT2D eigenvalue weighted by Gasteiger charge is -2.35. The summed E-state index contributed by atoms with van der Waals surface area (Å²) in [4.78, 5) is 0. The predicted molar refractivity (Wildman–Crippen MR) is 82.0 cm³/mol. The summed E-state index contributed by atoms with van der Waals surface area (Å²) >= 11 is 0. The molecule has 0 bridgehead atoms. The summed E-state index contributed by atoms with van der Waals surface area (Å²) in [5, 5.41) is 3.68. The van der Waals surface area contributed by atoms with Gasteiger partial charge in [-0.05, 0) is 42.4 Å². The van der Waals surface area contributed by atoms with Crippen LogP contribution < -0.4 is 19.5 Å². The molecule has 1 atom stereocenters. The first kappa shape index (κ1) is 14.5. The van der Waals surface area contributed by atoms with E-state index in [0.717, 1.165) is 23.8 Å². The molecule has 21 heavy (non-hydrogen) atoms. The Morgan fingerprint density at radius 1 is 1.33 bits per heavy atom. The number of hydrogen-bond acceptors (Lipinski definition) is 4. The quantitative estimate of drug-likeness (QED) is 0.922. The van der Waals surface area contributed by atoms with E-state index in [1.165, 1.54) is 31.2 Å². The van der Waals surface area contributed by atoms with Gasteiger partial charge in [0, 0.05) is 12.6 Å². The van der Waals surface area contributed by atoms with Gasteiger partial charge in [0.15, 0.2) is 11.5 Å². The molecule has 1 aliphatic carbocycles. The molecular weight excluding hydrogens is 266 g/mol. The Hall–Kier alpha value is -1.42. The highest BCUT2D eigenvalue weighted by Crippen LogP contribution is 2.42. The van der Waals surface area contributed by atoms with Gasteiger partial charge in [-0.1, -0.05) is 20.3 Å². The number of rotatable bonds is 4. The number of methoxy groups -OCH3 is 1. The molecule has 3 rings (SSSR count). The SMILES string of the molecule is COc1cc(CNC2CCCC(C)(C)C2)cc2c1OCO2. The molecule has 0 spiro atoms. The lowest BCUT2D eigenvalue weighted by Crippen LogP contribution is -2.36. The molecule has 0 amide bonds. The van der Waals surface area contributed by atoms with E-state index in [2.05, 4.69) is 19.2 Å². The Morgan fingerprint density at radius 2 is 2.19 bits per heavy atom. The third kappa shape index (κ3) is 3.26. The molecule has 1 saturated carbocycles. The number of hydrogen-bond donors (Lipinski definition) is 1. The van der Waals surface area contributed by atoms with Gasteiger partial charge in [0.05, 0.1) is 7.11 Å². The van der Waals surface area contributed by atoms with Crippen molar-refractivity contribution in [2.24, 2.45) is 5.41 Å². The molecule has 0 saturated heterocycles. The first-order valence-electron chi connectivity index (χ1n) is 7.77. The molecule has 4 heteroatoms. The van der Waals surface area contributed by atoms with Crippen LogP contribution in [-0.4, -0.2) is 19.9 Å². The molecule has 1 aromatic rings. The zero-order valence-electron chi connectivity index (χ0n) is 13.2. The molecule has 4 nitrogen and oxygen atoms in total. The molecule has 1 unspecified atom stereocenters. The maximum Gasteiger partial charge on any atom is 0.231 e. The van der Waals surface area contributed by atoms with Gasteiger partial charge in [0.2, 0.25) is 12.5 Å². The highest BCUT2D eigenvalue weighted by Gasteiger charge is 2.27. The Morgan fingerprint density at radius 3 is 2.95 bits per heavy atom. The fourth-order valence-electron chi connectivity index (χ4n) is 3.42. The smallest absolute Gasteiger partial charge is 0.231 e. The molecule has 1 N–H and O–H groups in total. The highest BCUT2D eigenvalue weighted by atomic mass is 16.7. The van der Waals surface area contributed by atoms with Crippen LogP contribution in [0.25, 0.3) is 0 Å². The number of ether oxygens (including phenoxy) is 3. The summed E-state index contributed by atoms with van der Waals surface area (Å²) in [6.07, 6.45) is 5.16. The molecule has 116 valence electrons. The average Bonchev–Trinajstić information content (AvgIpc) is 2.91. The van der Waals surface area contributed by atoms with E-state index in [1.807, 2.05) is 12.1 Å². The summed E-state index contributed by atoms with van der Waals surface area (Å²) in [6, 6.07) is 4.69. The lowest BCUT2D eigenvalue weighted by molar-refractivity contribution is 0.171. The minimum absolute atomic E-state index is 0.277. The van der Waals surface area contributed by atoms with Crippen molar-refractivity contribution < 1.29 is 14.2 Å². The van der Waals surface area contributed by atoms with Crippen molar-refractivity contribution in [3.8, 4) is 17.2 Å². The van der Waals surface area contributed by atoms with E-state index < -0.39 is 0 Å². The molecule has 1 heterocycles. The van der Waals surface area contributed by atoms with Gasteiger partial charge in [0.1, 0.15) is 0 Å². The highest BCUT2D eigenvalue weighted by molar-refractivity contribution is 5.55. The van der Waals surface area contributed by atoms with Crippen molar-refractivity contribution in [3.05, 3.63) is 17.7 Å². The van der Waals surface area contributed by atoms with Crippen LogP contribution >= 0.6 is 0 Å². The van der Waals surface area contributed by atoms with E-state index in [0.29, 0.717) is 11.5 Å². The second kappa shape index (κ2) is 5.76. The van der Waals surface area contributed by atoms with Gasteiger partial charge < -0.3 is 19.5 Å². The van der Waals surface area contributed by atoms with Crippen LogP contribution in [0.15, 0.2) is 12.1 Å². The number of nitrogens with one attached hydrogen (secondary N) is 1. The van der Waals surface area contributed by atoms with Gasteiger partial charge in [-0.3, -0.25) is 0 Å². The Bertz CT molecular complexity index is 513. The van der Waals surface area contributed by atoms with Gasteiger partial charge in [0.25, 0.3) is 0 Å². The fraction of sp³-hybridized carbons (Fsp3) is 0.647. The van der Waals surface area contributed by atoms with E-state index in [4.69, 9.17) is 14.2 Å². The van der Waals surface area contributed by atoms with E-state index in [1.54, 1.807) is 7.11 Å². The van der Waals surface area contributed by atoms with E-state index >= 15 is 0 Å². The number of fused-ring (bicyclic) bond motifs is 1. The lowest BCUT2D eigenvalue weighted by atomic mass is 9.75. The molecule has 1 fully saturated rings. The first-order chi connectivity index (χ1) is 10.1. The Balaban J connectivity index is 1.65. The van der Waals surface area contributed by atoms with Crippen molar-refractivity contribution in [1.82, 2.24) is 5.32 Å². The summed E-state index contributed by atoms with van der Waals surface area (Å²) in [5.41, 5.74) is 1.64. The van der Waals surface area contributed by atoms with Crippen molar-refractivity contribution in [3.63, 3.8) is 0 Å².